The Hall–Kier alpha value is -1.37. The summed E-state index contributed by atoms with van der Waals surface area (Å²) < 4.78 is 0.988. The number of carboxylic acid groups (broad SMARTS) is 1. The van der Waals surface area contributed by atoms with E-state index in [1.165, 1.54) is 0 Å². The van der Waals surface area contributed by atoms with E-state index in [9.17, 15) is 4.79 Å². The molecule has 0 spiro atoms. The number of hydrogen-bond acceptors (Lipinski definition) is 2. The van der Waals surface area contributed by atoms with Crippen LogP contribution in [0, 0.1) is 3.57 Å². The minimum atomic E-state index is -0.951. The smallest absolute Gasteiger partial charge is 0.328 e. The number of aromatic amines is 1. The number of carboxylic acids is 1. The zero-order chi connectivity index (χ0) is 10.8. The summed E-state index contributed by atoms with van der Waals surface area (Å²) in [6.07, 6.45) is 4.31. The second-order valence-electron chi connectivity index (χ2n) is 2.96. The molecule has 0 aliphatic heterocycles. The minimum absolute atomic E-state index is 0.834. The van der Waals surface area contributed by atoms with Crippen LogP contribution in [0.1, 0.15) is 5.56 Å². The van der Waals surface area contributed by atoms with Gasteiger partial charge >= 0.3 is 5.97 Å². The van der Waals surface area contributed by atoms with Gasteiger partial charge in [-0.15, -0.1) is 0 Å². The molecule has 0 bridgehead atoms. The van der Waals surface area contributed by atoms with Crippen molar-refractivity contribution in [2.45, 2.75) is 0 Å². The number of H-pyrrole nitrogens is 1. The monoisotopic (exact) mass is 314 g/mol. The molecule has 0 fully saturated rings. The van der Waals surface area contributed by atoms with Crippen molar-refractivity contribution in [2.75, 3.05) is 0 Å². The van der Waals surface area contributed by atoms with Crippen molar-refractivity contribution in [3.05, 3.63) is 33.7 Å². The molecule has 0 aliphatic rings. The lowest BCUT2D eigenvalue weighted by atomic mass is 10.2. The molecule has 0 radical (unpaired) electrons. The molecule has 76 valence electrons. The highest BCUT2D eigenvalue weighted by molar-refractivity contribution is 14.1. The number of aliphatic carboxylic acids is 1. The van der Waals surface area contributed by atoms with Gasteiger partial charge in [0.05, 0.1) is 17.4 Å². The summed E-state index contributed by atoms with van der Waals surface area (Å²) in [6.45, 7) is 0. The van der Waals surface area contributed by atoms with E-state index in [2.05, 4.69) is 32.6 Å². The molecule has 15 heavy (non-hydrogen) atoms. The van der Waals surface area contributed by atoms with Gasteiger partial charge in [-0.25, -0.2) is 9.78 Å². The first-order valence-electron chi connectivity index (χ1n) is 4.20. The van der Waals surface area contributed by atoms with Gasteiger partial charge in [0.15, 0.2) is 0 Å². The Morgan fingerprint density at radius 3 is 3.07 bits per heavy atom. The third-order valence-corrected chi connectivity index (χ3v) is 2.88. The number of hydrogen-bond donors (Lipinski definition) is 2. The fraction of sp³-hybridized carbons (Fsp3) is 0. The molecule has 2 N–H and O–H groups in total. The molecule has 0 aliphatic carbocycles. The van der Waals surface area contributed by atoms with E-state index in [-0.39, 0.29) is 0 Å². The second-order valence-corrected chi connectivity index (χ2v) is 4.13. The van der Waals surface area contributed by atoms with Gasteiger partial charge < -0.3 is 10.1 Å². The van der Waals surface area contributed by atoms with E-state index < -0.39 is 5.97 Å². The molecular weight excluding hydrogens is 307 g/mol. The van der Waals surface area contributed by atoms with Gasteiger partial charge in [0.1, 0.15) is 0 Å². The summed E-state index contributed by atoms with van der Waals surface area (Å²) in [5.74, 6) is -0.951. The molecule has 2 aromatic rings. The first-order chi connectivity index (χ1) is 7.16. The van der Waals surface area contributed by atoms with E-state index in [0.29, 0.717) is 0 Å². The first-order valence-corrected chi connectivity index (χ1v) is 5.28. The van der Waals surface area contributed by atoms with Crippen LogP contribution >= 0.6 is 22.6 Å². The fourth-order valence-electron chi connectivity index (χ4n) is 1.26. The van der Waals surface area contributed by atoms with Gasteiger partial charge in [0, 0.05) is 9.65 Å². The van der Waals surface area contributed by atoms with E-state index in [1.807, 2.05) is 12.1 Å². The molecule has 1 heterocycles. The number of carbonyl (C=O) groups is 1. The number of nitrogens with zero attached hydrogens (tertiary/aromatic N) is 1. The normalized spacial score (nSPS) is 11.3. The summed E-state index contributed by atoms with van der Waals surface area (Å²) in [5.41, 5.74) is 2.64. The van der Waals surface area contributed by atoms with Gasteiger partial charge in [0.2, 0.25) is 0 Å². The molecular formula is C10H7IN2O2. The number of imidazole rings is 1. The third kappa shape index (κ3) is 2.17. The standard InChI is InChI=1S/C10H7IN2O2/c11-7-4-9-8(12-5-13-9)3-6(7)1-2-10(14)15/h1-5H,(H,12,13)(H,14,15)/b2-1+. The Morgan fingerprint density at radius 2 is 2.33 bits per heavy atom. The zero-order valence-corrected chi connectivity index (χ0v) is 9.72. The number of halogens is 1. The Labute approximate surface area is 99.2 Å². The van der Waals surface area contributed by atoms with Crippen LogP contribution in [0.2, 0.25) is 0 Å². The molecule has 0 saturated carbocycles. The van der Waals surface area contributed by atoms with Crippen molar-refractivity contribution in [1.29, 1.82) is 0 Å². The van der Waals surface area contributed by atoms with E-state index >= 15 is 0 Å². The Bertz CT molecular complexity index is 545. The highest BCUT2D eigenvalue weighted by Crippen LogP contribution is 2.20. The molecule has 0 saturated heterocycles. The molecule has 1 aromatic carbocycles. The average Bonchev–Trinajstić information content (AvgIpc) is 2.60. The fourth-order valence-corrected chi connectivity index (χ4v) is 1.91. The Morgan fingerprint density at radius 1 is 1.53 bits per heavy atom. The maximum atomic E-state index is 10.4. The minimum Gasteiger partial charge on any atom is -0.478 e. The predicted molar refractivity (Wildman–Crippen MR) is 65.5 cm³/mol. The molecule has 1 aromatic heterocycles. The van der Waals surface area contributed by atoms with Gasteiger partial charge in [-0.1, -0.05) is 0 Å². The van der Waals surface area contributed by atoms with Crippen LogP contribution in [0.15, 0.2) is 24.5 Å². The van der Waals surface area contributed by atoms with Crippen molar-refractivity contribution in [3.8, 4) is 0 Å². The third-order valence-electron chi connectivity index (χ3n) is 1.94. The number of fused-ring (bicyclic) bond motifs is 1. The summed E-state index contributed by atoms with van der Waals surface area (Å²) >= 11 is 2.16. The molecule has 4 nitrogen and oxygen atoms in total. The molecule has 2 rings (SSSR count). The first kappa shape index (κ1) is 10.2. The number of nitrogens with one attached hydrogen (secondary N) is 1. The highest BCUT2D eigenvalue weighted by Gasteiger charge is 2.02. The lowest BCUT2D eigenvalue weighted by Crippen LogP contribution is -1.87. The van der Waals surface area contributed by atoms with Crippen LogP contribution in [-0.4, -0.2) is 21.0 Å². The molecule has 0 unspecified atom stereocenters. The second kappa shape index (κ2) is 4.01. The van der Waals surface area contributed by atoms with Crippen molar-refractivity contribution in [2.24, 2.45) is 0 Å². The SMILES string of the molecule is O=C(O)/C=C/c1cc2nc[nH]c2cc1I. The summed E-state index contributed by atoms with van der Waals surface area (Å²) in [5, 5.41) is 8.53. The predicted octanol–water partition coefficient (Wildman–Crippen LogP) is 2.27. The summed E-state index contributed by atoms with van der Waals surface area (Å²) in [4.78, 5) is 17.5. The van der Waals surface area contributed by atoms with Crippen molar-refractivity contribution in [1.82, 2.24) is 9.97 Å². The molecule has 0 atom stereocenters. The lowest BCUT2D eigenvalue weighted by molar-refractivity contribution is -0.131. The van der Waals surface area contributed by atoms with E-state index in [4.69, 9.17) is 5.11 Å². The van der Waals surface area contributed by atoms with Crippen molar-refractivity contribution >= 4 is 45.7 Å². The maximum Gasteiger partial charge on any atom is 0.328 e. The summed E-state index contributed by atoms with van der Waals surface area (Å²) in [6, 6.07) is 3.79. The van der Waals surface area contributed by atoms with Crippen molar-refractivity contribution in [3.63, 3.8) is 0 Å². The van der Waals surface area contributed by atoms with Gasteiger partial charge in [-0.3, -0.25) is 0 Å². The van der Waals surface area contributed by atoms with Crippen LogP contribution in [0.4, 0.5) is 0 Å². The molecule has 0 amide bonds. The highest BCUT2D eigenvalue weighted by atomic mass is 127. The quantitative estimate of drug-likeness (QED) is 0.660. The number of benzene rings is 1. The zero-order valence-electron chi connectivity index (χ0n) is 7.57. The average molecular weight is 314 g/mol. The van der Waals surface area contributed by atoms with Crippen LogP contribution < -0.4 is 0 Å². The van der Waals surface area contributed by atoms with E-state index in [0.717, 1.165) is 26.2 Å². The van der Waals surface area contributed by atoms with Crippen molar-refractivity contribution < 1.29 is 9.90 Å². The number of rotatable bonds is 2. The van der Waals surface area contributed by atoms with Crippen LogP contribution in [0.25, 0.3) is 17.1 Å². The van der Waals surface area contributed by atoms with Gasteiger partial charge in [-0.2, -0.15) is 0 Å². The van der Waals surface area contributed by atoms with Gasteiger partial charge in [-0.05, 0) is 46.4 Å². The number of aromatic nitrogens is 2. The Kier molecular flexibility index (Phi) is 2.72. The van der Waals surface area contributed by atoms with Crippen LogP contribution in [0.3, 0.4) is 0 Å². The largest absolute Gasteiger partial charge is 0.478 e. The lowest BCUT2D eigenvalue weighted by Gasteiger charge is -1.97. The van der Waals surface area contributed by atoms with Crippen LogP contribution in [-0.2, 0) is 4.79 Å². The maximum absolute atomic E-state index is 10.4. The topological polar surface area (TPSA) is 66.0 Å². The Balaban J connectivity index is 2.50. The molecule has 5 heteroatoms. The van der Waals surface area contributed by atoms with E-state index in [1.54, 1.807) is 12.4 Å². The van der Waals surface area contributed by atoms with Gasteiger partial charge in [0.25, 0.3) is 0 Å². The van der Waals surface area contributed by atoms with Crippen LogP contribution in [0.5, 0.6) is 0 Å². The summed E-state index contributed by atoms with van der Waals surface area (Å²) in [7, 11) is 0.